The van der Waals surface area contributed by atoms with Gasteiger partial charge in [-0.2, -0.15) is 43.9 Å². The van der Waals surface area contributed by atoms with Crippen LogP contribution < -0.4 is 0 Å². The Balaban J connectivity index is 5.80. The van der Waals surface area contributed by atoms with Crippen LogP contribution in [0.5, 0.6) is 0 Å². The Bertz CT molecular complexity index is 299. The van der Waals surface area contributed by atoms with Gasteiger partial charge >= 0.3 is 29.6 Å². The minimum absolute atomic E-state index is 0.310. The molecular formula is C8H7F10. The third kappa shape index (κ3) is 2.13. The van der Waals surface area contributed by atoms with E-state index in [1.165, 1.54) is 6.92 Å². The molecule has 109 valence electrons. The second-order valence-corrected chi connectivity index (χ2v) is 3.49. The van der Waals surface area contributed by atoms with Gasteiger partial charge in [-0.05, 0) is 0 Å². The first-order valence-corrected chi connectivity index (χ1v) is 4.30. The first kappa shape index (κ1) is 17.3. The van der Waals surface area contributed by atoms with Gasteiger partial charge in [-0.1, -0.05) is 6.92 Å². The standard InChI is InChI=1S/C8H7F10/c1-3-5(11,12)7(15,16)8(17,18)6(13,14)4(2,9)10/h2-3H2,1H3. The molecule has 10 heteroatoms. The van der Waals surface area contributed by atoms with Crippen LogP contribution >= 0.6 is 0 Å². The lowest BCUT2D eigenvalue weighted by Crippen LogP contribution is -2.66. The highest BCUT2D eigenvalue weighted by Crippen LogP contribution is 2.57. The lowest BCUT2D eigenvalue weighted by atomic mass is 9.94. The molecule has 0 aromatic heterocycles. The van der Waals surface area contributed by atoms with Gasteiger partial charge < -0.3 is 0 Å². The Kier molecular flexibility index (Phi) is 3.99. The zero-order valence-corrected chi connectivity index (χ0v) is 8.69. The summed E-state index contributed by atoms with van der Waals surface area (Å²) in [4.78, 5) is 0. The van der Waals surface area contributed by atoms with Gasteiger partial charge in [-0.3, -0.25) is 0 Å². The van der Waals surface area contributed by atoms with Crippen molar-refractivity contribution in [2.45, 2.75) is 43.0 Å². The third-order valence-corrected chi connectivity index (χ3v) is 2.15. The molecule has 18 heavy (non-hydrogen) atoms. The van der Waals surface area contributed by atoms with Crippen LogP contribution in [0.1, 0.15) is 13.3 Å². The van der Waals surface area contributed by atoms with Crippen LogP contribution in [0.25, 0.3) is 0 Å². The molecule has 0 aromatic carbocycles. The van der Waals surface area contributed by atoms with Crippen molar-refractivity contribution in [3.63, 3.8) is 0 Å². The molecule has 0 nitrogen and oxygen atoms in total. The smallest absolute Gasteiger partial charge is 0.200 e. The molecule has 0 unspecified atom stereocenters. The highest BCUT2D eigenvalue weighted by atomic mass is 19.4. The zero-order valence-electron chi connectivity index (χ0n) is 8.69. The summed E-state index contributed by atoms with van der Waals surface area (Å²) in [6, 6.07) is 0. The van der Waals surface area contributed by atoms with Gasteiger partial charge in [-0.25, -0.2) is 0 Å². The van der Waals surface area contributed by atoms with Crippen molar-refractivity contribution in [2.24, 2.45) is 0 Å². The van der Waals surface area contributed by atoms with E-state index in [1.54, 1.807) is 0 Å². The Morgan fingerprint density at radius 1 is 0.667 bits per heavy atom. The predicted molar refractivity (Wildman–Crippen MR) is 40.4 cm³/mol. The molecule has 0 fully saturated rings. The fraction of sp³-hybridized carbons (Fsp3) is 0.875. The van der Waals surface area contributed by atoms with Crippen LogP contribution in [-0.2, 0) is 0 Å². The minimum Gasteiger partial charge on any atom is -0.200 e. The molecule has 0 saturated carbocycles. The molecular weight excluding hydrogens is 286 g/mol. The van der Waals surface area contributed by atoms with E-state index in [1.807, 2.05) is 0 Å². The lowest BCUT2D eigenvalue weighted by Gasteiger charge is -2.38. The summed E-state index contributed by atoms with van der Waals surface area (Å²) in [5, 5.41) is 0. The van der Waals surface area contributed by atoms with E-state index in [0.717, 1.165) is 0 Å². The van der Waals surface area contributed by atoms with E-state index in [9.17, 15) is 43.9 Å². The Hall–Kier alpha value is -0.700. The highest BCUT2D eigenvalue weighted by Gasteiger charge is 2.84. The van der Waals surface area contributed by atoms with Crippen molar-refractivity contribution >= 4 is 0 Å². The van der Waals surface area contributed by atoms with Gasteiger partial charge in [0.1, 0.15) is 0 Å². The maximum atomic E-state index is 12.7. The number of hydrogen-bond acceptors (Lipinski definition) is 0. The SMILES string of the molecule is [CH2]C(F)(F)C(F)(F)C(F)(F)C(F)(F)C(F)(F)CC. The summed E-state index contributed by atoms with van der Waals surface area (Å²) in [7, 11) is 0. The summed E-state index contributed by atoms with van der Waals surface area (Å²) < 4.78 is 125. The monoisotopic (exact) mass is 293 g/mol. The summed E-state index contributed by atoms with van der Waals surface area (Å²) in [6.07, 6.45) is -1.94. The minimum atomic E-state index is -6.97. The summed E-state index contributed by atoms with van der Waals surface area (Å²) >= 11 is 0. The molecule has 0 bridgehead atoms. The summed E-state index contributed by atoms with van der Waals surface area (Å²) in [5.74, 6) is -31.8. The fourth-order valence-electron chi connectivity index (χ4n) is 0.879. The molecule has 0 saturated heterocycles. The first-order valence-electron chi connectivity index (χ1n) is 4.30. The Morgan fingerprint density at radius 3 is 1.22 bits per heavy atom. The van der Waals surface area contributed by atoms with Crippen LogP contribution in [0.2, 0.25) is 0 Å². The van der Waals surface area contributed by atoms with E-state index in [0.29, 0.717) is 6.92 Å². The molecule has 0 atom stereocenters. The lowest BCUT2D eigenvalue weighted by molar-refractivity contribution is -0.395. The van der Waals surface area contributed by atoms with Crippen LogP contribution in [0.3, 0.4) is 0 Å². The van der Waals surface area contributed by atoms with Gasteiger partial charge in [0.05, 0.1) is 0 Å². The molecule has 0 rings (SSSR count). The quantitative estimate of drug-likeness (QED) is 0.659. The largest absolute Gasteiger partial charge is 0.384 e. The second-order valence-electron chi connectivity index (χ2n) is 3.49. The van der Waals surface area contributed by atoms with Crippen LogP contribution in [0.15, 0.2) is 0 Å². The molecule has 0 aliphatic rings. The van der Waals surface area contributed by atoms with Gasteiger partial charge in [-0.15, -0.1) is 0 Å². The summed E-state index contributed by atoms with van der Waals surface area (Å²) in [5.41, 5.74) is 0. The van der Waals surface area contributed by atoms with Gasteiger partial charge in [0, 0.05) is 13.3 Å². The van der Waals surface area contributed by atoms with Crippen molar-refractivity contribution < 1.29 is 43.9 Å². The maximum Gasteiger partial charge on any atom is 0.384 e. The van der Waals surface area contributed by atoms with E-state index in [-0.39, 0.29) is 0 Å². The average molecular weight is 293 g/mol. The fourth-order valence-corrected chi connectivity index (χ4v) is 0.879. The van der Waals surface area contributed by atoms with Crippen LogP contribution in [0.4, 0.5) is 43.9 Å². The molecule has 0 spiro atoms. The molecule has 0 aliphatic heterocycles. The highest BCUT2D eigenvalue weighted by molar-refractivity contribution is 5.08. The van der Waals surface area contributed by atoms with Crippen LogP contribution in [0, 0.1) is 6.92 Å². The third-order valence-electron chi connectivity index (χ3n) is 2.15. The van der Waals surface area contributed by atoms with Gasteiger partial charge in [0.25, 0.3) is 0 Å². The molecule has 0 aromatic rings. The number of hydrogen-bond donors (Lipinski definition) is 0. The number of alkyl halides is 10. The van der Waals surface area contributed by atoms with E-state index in [2.05, 4.69) is 0 Å². The molecule has 0 amide bonds. The van der Waals surface area contributed by atoms with Crippen LogP contribution in [-0.4, -0.2) is 29.6 Å². The van der Waals surface area contributed by atoms with Crippen molar-refractivity contribution in [1.29, 1.82) is 0 Å². The molecule has 0 aliphatic carbocycles. The predicted octanol–water partition coefficient (Wildman–Crippen LogP) is 4.41. The topological polar surface area (TPSA) is 0 Å². The average Bonchev–Trinajstić information content (AvgIpc) is 2.15. The molecule has 0 heterocycles. The number of halogens is 10. The van der Waals surface area contributed by atoms with E-state index in [4.69, 9.17) is 0 Å². The first-order chi connectivity index (χ1) is 7.56. The van der Waals surface area contributed by atoms with Gasteiger partial charge in [0.15, 0.2) is 0 Å². The molecule has 0 N–H and O–H groups in total. The van der Waals surface area contributed by atoms with Crippen molar-refractivity contribution in [2.75, 3.05) is 0 Å². The Morgan fingerprint density at radius 2 is 1.00 bits per heavy atom. The number of rotatable bonds is 5. The van der Waals surface area contributed by atoms with E-state index < -0.39 is 36.0 Å². The van der Waals surface area contributed by atoms with Crippen molar-refractivity contribution in [1.82, 2.24) is 0 Å². The summed E-state index contributed by atoms with van der Waals surface area (Å²) in [6.45, 7) is 1.60. The van der Waals surface area contributed by atoms with Gasteiger partial charge in [0.2, 0.25) is 0 Å². The Labute approximate surface area is 94.9 Å². The zero-order chi connectivity index (χ0) is 15.2. The second kappa shape index (κ2) is 4.16. The van der Waals surface area contributed by atoms with Crippen molar-refractivity contribution in [3.05, 3.63) is 6.92 Å². The maximum absolute atomic E-state index is 12.7. The van der Waals surface area contributed by atoms with E-state index >= 15 is 0 Å². The van der Waals surface area contributed by atoms with Crippen molar-refractivity contribution in [3.8, 4) is 0 Å². The molecule has 1 radical (unpaired) electrons. The normalized spacial score (nSPS) is 16.0.